The summed E-state index contributed by atoms with van der Waals surface area (Å²) in [6, 6.07) is 15.9. The largest absolute Gasteiger partial charge is 0.497 e. The number of carbonyl (C=O) groups is 2. The Labute approximate surface area is 197 Å². The summed E-state index contributed by atoms with van der Waals surface area (Å²) in [6.45, 7) is 4.21. The number of fused-ring (bicyclic) bond motifs is 1. The number of nitrogens with zero attached hydrogens (tertiary/aromatic N) is 1. The van der Waals surface area contributed by atoms with Crippen LogP contribution in [0.5, 0.6) is 5.75 Å². The molecule has 0 aliphatic carbocycles. The molecule has 6 nitrogen and oxygen atoms in total. The average molecular weight is 462 g/mol. The number of halogens is 1. The monoisotopic (exact) mass is 461 g/mol. The third kappa shape index (κ3) is 5.23. The van der Waals surface area contributed by atoms with Gasteiger partial charge >= 0.3 is 0 Å². The minimum Gasteiger partial charge on any atom is -0.497 e. The van der Waals surface area contributed by atoms with Crippen molar-refractivity contribution in [2.75, 3.05) is 12.4 Å². The summed E-state index contributed by atoms with van der Waals surface area (Å²) >= 11 is 5.76. The van der Waals surface area contributed by atoms with Gasteiger partial charge in [-0.1, -0.05) is 17.7 Å². The van der Waals surface area contributed by atoms with E-state index in [2.05, 4.69) is 29.5 Å². The maximum atomic E-state index is 13.0. The van der Waals surface area contributed by atoms with Crippen LogP contribution in [0.25, 0.3) is 5.70 Å². The van der Waals surface area contributed by atoms with Crippen molar-refractivity contribution in [1.29, 1.82) is 0 Å². The lowest BCUT2D eigenvalue weighted by molar-refractivity contribution is 0.102. The number of methoxy groups -OCH3 is 1. The van der Waals surface area contributed by atoms with Crippen molar-refractivity contribution in [2.24, 2.45) is 0 Å². The van der Waals surface area contributed by atoms with Gasteiger partial charge in [0.1, 0.15) is 10.9 Å². The zero-order valence-corrected chi connectivity index (χ0v) is 19.4. The van der Waals surface area contributed by atoms with E-state index in [1.807, 2.05) is 18.2 Å². The Morgan fingerprint density at radius 3 is 2.48 bits per heavy atom. The predicted octanol–water partition coefficient (Wildman–Crippen LogP) is 5.14. The van der Waals surface area contributed by atoms with Crippen LogP contribution in [-0.4, -0.2) is 29.3 Å². The fourth-order valence-electron chi connectivity index (χ4n) is 3.80. The van der Waals surface area contributed by atoms with Crippen LogP contribution in [0.2, 0.25) is 5.15 Å². The van der Waals surface area contributed by atoms with E-state index in [1.54, 1.807) is 49.6 Å². The number of ketones is 1. The number of rotatable bonds is 5. The molecular formula is C26H24ClN3O3. The number of aromatic nitrogens is 1. The first kappa shape index (κ1) is 22.6. The van der Waals surface area contributed by atoms with E-state index in [-0.39, 0.29) is 17.2 Å². The third-order valence-corrected chi connectivity index (χ3v) is 5.63. The van der Waals surface area contributed by atoms with Crippen molar-refractivity contribution in [3.05, 3.63) is 94.3 Å². The summed E-state index contributed by atoms with van der Waals surface area (Å²) in [5.41, 5.74) is 4.19. The number of anilines is 1. The number of nitrogens with one attached hydrogen (secondary N) is 2. The smallest absolute Gasteiger partial charge is 0.257 e. The maximum absolute atomic E-state index is 13.0. The van der Waals surface area contributed by atoms with E-state index in [0.717, 1.165) is 29.0 Å². The third-order valence-electron chi connectivity index (χ3n) is 5.40. The first-order chi connectivity index (χ1) is 15.7. The minimum absolute atomic E-state index is 0.135. The minimum atomic E-state index is -0.306. The van der Waals surface area contributed by atoms with Gasteiger partial charge in [-0.25, -0.2) is 4.98 Å². The van der Waals surface area contributed by atoms with E-state index < -0.39 is 0 Å². The molecule has 1 aliphatic heterocycles. The van der Waals surface area contributed by atoms with Gasteiger partial charge < -0.3 is 15.4 Å². The van der Waals surface area contributed by atoms with Crippen LogP contribution < -0.4 is 15.4 Å². The van der Waals surface area contributed by atoms with Gasteiger partial charge in [0.15, 0.2) is 5.78 Å². The fourth-order valence-corrected chi connectivity index (χ4v) is 3.91. The van der Waals surface area contributed by atoms with Gasteiger partial charge in [0.05, 0.1) is 12.7 Å². The van der Waals surface area contributed by atoms with Crippen LogP contribution >= 0.6 is 11.6 Å². The zero-order valence-electron chi connectivity index (χ0n) is 18.6. The molecular weight excluding hydrogens is 438 g/mol. The van der Waals surface area contributed by atoms with Crippen LogP contribution in [0.4, 0.5) is 5.69 Å². The SMILES string of the molecule is COc1ccc2c(c1)/C(=C/C(=O)c1ccc(NC(=O)c3ccc(Cl)nc3)cc1)NC(C)(C)C2. The molecule has 0 saturated heterocycles. The second-order valence-electron chi connectivity index (χ2n) is 8.53. The maximum Gasteiger partial charge on any atom is 0.257 e. The van der Waals surface area contributed by atoms with Crippen LogP contribution in [0.1, 0.15) is 45.7 Å². The molecule has 0 bridgehead atoms. The van der Waals surface area contributed by atoms with Crippen LogP contribution in [0.15, 0.2) is 66.9 Å². The van der Waals surface area contributed by atoms with E-state index >= 15 is 0 Å². The molecule has 1 aromatic heterocycles. The van der Waals surface area contributed by atoms with E-state index in [0.29, 0.717) is 22.0 Å². The highest BCUT2D eigenvalue weighted by atomic mass is 35.5. The molecule has 0 fully saturated rings. The first-order valence-electron chi connectivity index (χ1n) is 10.5. The van der Waals surface area contributed by atoms with Crippen molar-refractivity contribution in [3.8, 4) is 5.75 Å². The number of pyridine rings is 1. The number of benzene rings is 2. The Balaban J connectivity index is 1.54. The molecule has 0 spiro atoms. The lowest BCUT2D eigenvalue weighted by Crippen LogP contribution is -2.43. The van der Waals surface area contributed by atoms with Crippen LogP contribution in [-0.2, 0) is 6.42 Å². The number of amides is 1. The number of hydrogen-bond acceptors (Lipinski definition) is 5. The molecule has 2 aromatic carbocycles. The summed E-state index contributed by atoms with van der Waals surface area (Å²) in [6.07, 6.45) is 3.87. The van der Waals surface area contributed by atoms with Crippen LogP contribution in [0.3, 0.4) is 0 Å². The van der Waals surface area contributed by atoms with Crippen LogP contribution in [0, 0.1) is 0 Å². The van der Waals surface area contributed by atoms with Gasteiger partial charge in [-0.2, -0.15) is 0 Å². The number of carbonyl (C=O) groups excluding carboxylic acids is 2. The molecule has 2 N–H and O–H groups in total. The molecule has 1 aliphatic rings. The first-order valence-corrected chi connectivity index (χ1v) is 10.9. The van der Waals surface area contributed by atoms with Crippen molar-refractivity contribution >= 4 is 34.7 Å². The lowest BCUT2D eigenvalue weighted by Gasteiger charge is -2.35. The summed E-state index contributed by atoms with van der Waals surface area (Å²) < 4.78 is 5.37. The van der Waals surface area contributed by atoms with Gasteiger partial charge in [-0.05, 0) is 74.4 Å². The van der Waals surface area contributed by atoms with Gasteiger partial charge in [-0.3, -0.25) is 9.59 Å². The predicted molar refractivity (Wildman–Crippen MR) is 130 cm³/mol. The molecule has 0 atom stereocenters. The Morgan fingerprint density at radius 2 is 1.82 bits per heavy atom. The standard InChI is InChI=1S/C26H24ClN3O3/c1-26(2)14-17-6-10-20(33-3)12-21(17)22(30-26)13-23(31)16-4-8-19(9-5-16)29-25(32)18-7-11-24(27)28-15-18/h4-13,15,30H,14H2,1-3H3,(H,29,32)/b22-13-. The highest BCUT2D eigenvalue weighted by Crippen LogP contribution is 2.32. The summed E-state index contributed by atoms with van der Waals surface area (Å²) in [4.78, 5) is 29.3. The second-order valence-corrected chi connectivity index (χ2v) is 8.92. The summed E-state index contributed by atoms with van der Waals surface area (Å²) in [5.74, 6) is 0.299. The van der Waals surface area contributed by atoms with Crippen molar-refractivity contribution in [3.63, 3.8) is 0 Å². The number of ether oxygens (including phenoxy) is 1. The van der Waals surface area contributed by atoms with Crippen molar-refractivity contribution in [2.45, 2.75) is 25.8 Å². The van der Waals surface area contributed by atoms with Gasteiger partial charge in [0.25, 0.3) is 5.91 Å². The van der Waals surface area contributed by atoms with Gasteiger partial charge in [0.2, 0.25) is 0 Å². The summed E-state index contributed by atoms with van der Waals surface area (Å²) in [5, 5.41) is 6.58. The highest BCUT2D eigenvalue weighted by molar-refractivity contribution is 6.29. The Kier molecular flexibility index (Phi) is 6.20. The lowest BCUT2D eigenvalue weighted by atomic mass is 9.85. The van der Waals surface area contributed by atoms with Crippen molar-refractivity contribution < 1.29 is 14.3 Å². The summed E-state index contributed by atoms with van der Waals surface area (Å²) in [7, 11) is 1.63. The normalized spacial score (nSPS) is 15.3. The van der Waals surface area contributed by atoms with E-state index in [9.17, 15) is 9.59 Å². The average Bonchev–Trinajstić information content (AvgIpc) is 2.79. The molecule has 168 valence electrons. The Bertz CT molecular complexity index is 1230. The van der Waals surface area contributed by atoms with Crippen molar-refractivity contribution in [1.82, 2.24) is 10.3 Å². The molecule has 3 aromatic rings. The molecule has 0 radical (unpaired) electrons. The highest BCUT2D eigenvalue weighted by Gasteiger charge is 2.28. The Hall–Kier alpha value is -3.64. The molecule has 0 saturated carbocycles. The quantitative estimate of drug-likeness (QED) is 0.312. The van der Waals surface area contributed by atoms with E-state index in [1.165, 1.54) is 6.20 Å². The zero-order chi connectivity index (χ0) is 23.6. The Morgan fingerprint density at radius 1 is 1.09 bits per heavy atom. The molecule has 7 heteroatoms. The number of allylic oxidation sites excluding steroid dienone is 1. The molecule has 4 rings (SSSR count). The molecule has 0 unspecified atom stereocenters. The topological polar surface area (TPSA) is 80.3 Å². The fraction of sp³-hybridized carbons (Fsp3) is 0.192. The number of hydrogen-bond donors (Lipinski definition) is 2. The molecule has 33 heavy (non-hydrogen) atoms. The molecule has 2 heterocycles. The van der Waals surface area contributed by atoms with Gasteiger partial charge in [0, 0.05) is 40.3 Å². The second kappa shape index (κ2) is 9.08. The van der Waals surface area contributed by atoms with E-state index in [4.69, 9.17) is 16.3 Å². The molecule has 1 amide bonds. The van der Waals surface area contributed by atoms with Gasteiger partial charge in [-0.15, -0.1) is 0 Å².